The maximum Gasteiger partial charge on any atom is 0.258 e. The lowest BCUT2D eigenvalue weighted by Crippen LogP contribution is -2.29. The Hall–Kier alpha value is -5.05. The second-order valence-corrected chi connectivity index (χ2v) is 7.20. The monoisotopic (exact) mass is 453 g/mol. The number of carbonyl (C=O) groups is 4. The first-order chi connectivity index (χ1) is 16.5. The Labute approximate surface area is 193 Å². The van der Waals surface area contributed by atoms with Gasteiger partial charge in [0.05, 0.1) is 11.4 Å². The number of carbonyl (C=O) groups excluding carboxylic acids is 4. The fraction of sp³-hybridized carbons (Fsp3) is 0. The van der Waals surface area contributed by atoms with Gasteiger partial charge < -0.3 is 9.47 Å². The summed E-state index contributed by atoms with van der Waals surface area (Å²) in [5.41, 5.74) is 0.754. The van der Waals surface area contributed by atoms with Crippen LogP contribution in [0.1, 0.15) is 0 Å². The highest BCUT2D eigenvalue weighted by Crippen LogP contribution is 2.30. The van der Waals surface area contributed by atoms with E-state index in [1.165, 1.54) is 24.3 Å². The molecular weight excluding hydrogens is 438 g/mol. The number of rotatable bonds is 6. The molecule has 0 N–H and O–H groups in total. The molecule has 3 aromatic rings. The average molecular weight is 453 g/mol. The molecule has 5 rings (SSSR count). The van der Waals surface area contributed by atoms with E-state index in [-0.39, 0.29) is 11.8 Å². The van der Waals surface area contributed by atoms with Crippen LogP contribution in [0.3, 0.4) is 0 Å². The minimum atomic E-state index is -0.425. The van der Waals surface area contributed by atoms with Gasteiger partial charge in [0, 0.05) is 48.6 Å². The summed E-state index contributed by atoms with van der Waals surface area (Å²) in [6.45, 7) is 0. The van der Waals surface area contributed by atoms with Crippen LogP contribution in [0, 0.1) is 0 Å². The highest BCUT2D eigenvalue weighted by molar-refractivity contribution is 6.28. The number of pyridine rings is 1. The maximum absolute atomic E-state index is 11.9. The molecule has 0 aliphatic carbocycles. The normalized spacial score (nSPS) is 14.9. The van der Waals surface area contributed by atoms with Crippen LogP contribution >= 0.6 is 0 Å². The van der Waals surface area contributed by atoms with Gasteiger partial charge in [-0.2, -0.15) is 4.98 Å². The predicted octanol–water partition coefficient (Wildman–Crippen LogP) is 3.53. The van der Waals surface area contributed by atoms with Gasteiger partial charge in [-0.05, 0) is 24.3 Å². The molecule has 34 heavy (non-hydrogen) atoms. The van der Waals surface area contributed by atoms with Crippen molar-refractivity contribution in [2.45, 2.75) is 0 Å². The summed E-state index contributed by atoms with van der Waals surface area (Å²) in [6.07, 6.45) is 4.83. The van der Waals surface area contributed by atoms with E-state index in [4.69, 9.17) is 9.47 Å². The van der Waals surface area contributed by atoms with Gasteiger partial charge in [-0.25, -0.2) is 9.80 Å². The number of ether oxygens (including phenoxy) is 2. The Bertz CT molecular complexity index is 1270. The van der Waals surface area contributed by atoms with E-state index in [0.717, 1.165) is 9.80 Å². The van der Waals surface area contributed by atoms with Gasteiger partial charge in [-0.3, -0.25) is 19.2 Å². The van der Waals surface area contributed by atoms with E-state index in [1.807, 2.05) is 0 Å². The molecule has 0 unspecified atom stereocenters. The summed E-state index contributed by atoms with van der Waals surface area (Å²) in [6, 6.07) is 17.9. The van der Waals surface area contributed by atoms with Crippen molar-refractivity contribution in [3.63, 3.8) is 0 Å². The lowest BCUT2D eigenvalue weighted by atomic mass is 10.2. The van der Waals surface area contributed by atoms with E-state index in [0.29, 0.717) is 22.9 Å². The van der Waals surface area contributed by atoms with Gasteiger partial charge in [-0.15, -0.1) is 0 Å². The standard InChI is InChI=1S/C25H15N3O6/c29-22-10-11-23(30)27(22)16-4-1-6-18(14-16)33-20-8-3-9-21(26-20)34-19-7-2-5-17(15-19)28-24(31)12-13-25(28)32/h1-15H. The minimum Gasteiger partial charge on any atom is -0.439 e. The van der Waals surface area contributed by atoms with E-state index in [2.05, 4.69) is 4.98 Å². The fourth-order valence-corrected chi connectivity index (χ4v) is 3.43. The minimum absolute atomic E-state index is 0.220. The number of anilines is 2. The Balaban J connectivity index is 1.33. The molecule has 3 heterocycles. The zero-order chi connectivity index (χ0) is 23.7. The number of benzene rings is 2. The van der Waals surface area contributed by atoms with Crippen LogP contribution < -0.4 is 19.3 Å². The molecule has 2 aliphatic rings. The Kier molecular flexibility index (Phi) is 5.19. The van der Waals surface area contributed by atoms with Crippen LogP contribution in [0.2, 0.25) is 0 Å². The molecule has 0 fully saturated rings. The second kappa shape index (κ2) is 8.47. The molecule has 0 atom stereocenters. The molecule has 9 heteroatoms. The summed E-state index contributed by atoms with van der Waals surface area (Å²) in [5, 5.41) is 0. The highest BCUT2D eigenvalue weighted by atomic mass is 16.5. The van der Waals surface area contributed by atoms with Crippen LogP contribution in [0.25, 0.3) is 0 Å². The van der Waals surface area contributed by atoms with Crippen molar-refractivity contribution < 1.29 is 28.7 Å². The molecule has 0 spiro atoms. The largest absolute Gasteiger partial charge is 0.439 e. The van der Waals surface area contributed by atoms with E-state index < -0.39 is 23.6 Å². The number of nitrogens with zero attached hydrogens (tertiary/aromatic N) is 3. The molecular formula is C25H15N3O6. The fourth-order valence-electron chi connectivity index (χ4n) is 3.43. The molecule has 0 saturated carbocycles. The third-order valence-electron chi connectivity index (χ3n) is 4.91. The zero-order valence-electron chi connectivity index (χ0n) is 17.5. The summed E-state index contributed by atoms with van der Waals surface area (Å²) >= 11 is 0. The van der Waals surface area contributed by atoms with Crippen molar-refractivity contribution >= 4 is 35.0 Å². The number of imide groups is 2. The molecule has 1 aromatic heterocycles. The summed E-state index contributed by atoms with van der Waals surface area (Å²) in [4.78, 5) is 54.1. The van der Waals surface area contributed by atoms with E-state index in [9.17, 15) is 19.2 Å². The smallest absolute Gasteiger partial charge is 0.258 e. The topological polar surface area (TPSA) is 106 Å². The highest BCUT2D eigenvalue weighted by Gasteiger charge is 2.26. The van der Waals surface area contributed by atoms with Crippen molar-refractivity contribution in [2.75, 3.05) is 9.80 Å². The molecule has 2 aromatic carbocycles. The Morgan fingerprint density at radius 3 is 1.32 bits per heavy atom. The van der Waals surface area contributed by atoms with Crippen LogP contribution in [0.5, 0.6) is 23.3 Å². The molecule has 0 radical (unpaired) electrons. The van der Waals surface area contributed by atoms with Crippen molar-refractivity contribution in [3.05, 3.63) is 91.0 Å². The average Bonchev–Trinajstić information content (AvgIpc) is 3.34. The van der Waals surface area contributed by atoms with Gasteiger partial charge in [0.1, 0.15) is 11.5 Å². The number of amides is 4. The van der Waals surface area contributed by atoms with Crippen LogP contribution in [0.4, 0.5) is 11.4 Å². The summed E-state index contributed by atoms with van der Waals surface area (Å²) in [7, 11) is 0. The second-order valence-electron chi connectivity index (χ2n) is 7.20. The molecule has 166 valence electrons. The summed E-state index contributed by atoms with van der Waals surface area (Å²) < 4.78 is 11.6. The van der Waals surface area contributed by atoms with Gasteiger partial charge in [-0.1, -0.05) is 18.2 Å². The zero-order valence-corrected chi connectivity index (χ0v) is 17.5. The van der Waals surface area contributed by atoms with E-state index >= 15 is 0 Å². The van der Waals surface area contributed by atoms with Gasteiger partial charge in [0.25, 0.3) is 23.6 Å². The van der Waals surface area contributed by atoms with Gasteiger partial charge >= 0.3 is 0 Å². The predicted molar refractivity (Wildman–Crippen MR) is 121 cm³/mol. The molecule has 0 bridgehead atoms. The van der Waals surface area contributed by atoms with Gasteiger partial charge in [0.15, 0.2) is 0 Å². The number of aromatic nitrogens is 1. The maximum atomic E-state index is 11.9. The van der Waals surface area contributed by atoms with Crippen LogP contribution in [-0.4, -0.2) is 28.6 Å². The van der Waals surface area contributed by atoms with Gasteiger partial charge in [0.2, 0.25) is 11.8 Å². The first-order valence-corrected chi connectivity index (χ1v) is 10.1. The molecule has 2 aliphatic heterocycles. The summed E-state index contributed by atoms with van der Waals surface area (Å²) in [5.74, 6) is -0.520. The third kappa shape index (κ3) is 4.05. The quantitative estimate of drug-likeness (QED) is 0.526. The first kappa shape index (κ1) is 20.8. The van der Waals surface area contributed by atoms with Crippen molar-refractivity contribution in [1.82, 2.24) is 4.98 Å². The lowest BCUT2D eigenvalue weighted by Gasteiger charge is -2.15. The van der Waals surface area contributed by atoms with E-state index in [1.54, 1.807) is 66.7 Å². The van der Waals surface area contributed by atoms with Crippen molar-refractivity contribution in [1.29, 1.82) is 0 Å². The SMILES string of the molecule is O=C1C=CC(=O)N1c1cccc(Oc2cccc(Oc3cccc(N4C(=O)C=CC4=O)c3)n2)c1. The first-order valence-electron chi connectivity index (χ1n) is 10.1. The third-order valence-corrected chi connectivity index (χ3v) is 4.91. The van der Waals surface area contributed by atoms with Crippen molar-refractivity contribution in [3.8, 4) is 23.3 Å². The van der Waals surface area contributed by atoms with Crippen LogP contribution in [-0.2, 0) is 19.2 Å². The Morgan fingerprint density at radius 2 is 0.912 bits per heavy atom. The molecule has 4 amide bonds. The number of hydrogen-bond acceptors (Lipinski definition) is 7. The number of hydrogen-bond donors (Lipinski definition) is 0. The lowest BCUT2D eigenvalue weighted by molar-refractivity contribution is -0.121. The Morgan fingerprint density at radius 1 is 0.529 bits per heavy atom. The molecule has 9 nitrogen and oxygen atoms in total. The van der Waals surface area contributed by atoms with Crippen LogP contribution in [0.15, 0.2) is 91.0 Å². The molecule has 0 saturated heterocycles. The van der Waals surface area contributed by atoms with Crippen molar-refractivity contribution in [2.24, 2.45) is 0 Å².